The van der Waals surface area contributed by atoms with Crippen LogP contribution in [0, 0.1) is 10.1 Å². The summed E-state index contributed by atoms with van der Waals surface area (Å²) in [4.78, 5) is 22.5. The van der Waals surface area contributed by atoms with Gasteiger partial charge in [-0.15, -0.1) is 0 Å². The fourth-order valence-electron chi connectivity index (χ4n) is 2.10. The number of halogens is 1. The zero-order chi connectivity index (χ0) is 19.3. The lowest BCUT2D eigenvalue weighted by atomic mass is 10.2. The van der Waals surface area contributed by atoms with Gasteiger partial charge in [0.15, 0.2) is 17.6 Å². The summed E-state index contributed by atoms with van der Waals surface area (Å²) in [7, 11) is 3.01. The molecule has 2 aromatic rings. The number of anilines is 1. The maximum Gasteiger partial charge on any atom is 0.271 e. The van der Waals surface area contributed by atoms with Gasteiger partial charge in [0.2, 0.25) is 0 Å². The Kier molecular flexibility index (Phi) is 6.24. The molecule has 0 saturated carbocycles. The van der Waals surface area contributed by atoms with Gasteiger partial charge in [0.05, 0.1) is 24.2 Å². The predicted octanol–water partition coefficient (Wildman–Crippen LogP) is 3.67. The van der Waals surface area contributed by atoms with Crippen molar-refractivity contribution in [1.82, 2.24) is 0 Å². The van der Waals surface area contributed by atoms with E-state index in [4.69, 9.17) is 25.8 Å². The molecule has 0 aliphatic heterocycles. The molecule has 1 atom stereocenters. The lowest BCUT2D eigenvalue weighted by Crippen LogP contribution is -2.30. The van der Waals surface area contributed by atoms with E-state index in [-0.39, 0.29) is 16.5 Å². The third-order valence-electron chi connectivity index (χ3n) is 3.45. The first-order valence-corrected chi connectivity index (χ1v) is 7.87. The fraction of sp³-hybridized carbons (Fsp3) is 0.235. The Labute approximate surface area is 154 Å². The Hall–Kier alpha value is -3.00. The number of carbonyl (C=O) groups excluding carboxylic acids is 1. The lowest BCUT2D eigenvalue weighted by Gasteiger charge is -2.16. The Balaban J connectivity index is 2.07. The highest BCUT2D eigenvalue weighted by Crippen LogP contribution is 2.31. The molecule has 2 rings (SSSR count). The van der Waals surface area contributed by atoms with Crippen LogP contribution in [0.2, 0.25) is 5.02 Å². The van der Waals surface area contributed by atoms with Gasteiger partial charge < -0.3 is 19.5 Å². The maximum atomic E-state index is 12.3. The zero-order valence-electron chi connectivity index (χ0n) is 14.3. The molecule has 0 spiro atoms. The van der Waals surface area contributed by atoms with Crippen LogP contribution in [0.15, 0.2) is 36.4 Å². The number of amides is 1. The van der Waals surface area contributed by atoms with E-state index in [1.807, 2.05) is 0 Å². The number of hydrogen-bond acceptors (Lipinski definition) is 6. The standard InChI is InChI=1S/C17H17ClN2O6/c1-10(26-14-7-5-12(20(22)23)9-13(14)18)17(21)19-11-4-6-15(24-2)16(8-11)25-3/h4-10H,1-3H3,(H,19,21). The van der Waals surface area contributed by atoms with Crippen molar-refractivity contribution in [1.29, 1.82) is 0 Å². The number of methoxy groups -OCH3 is 2. The van der Waals surface area contributed by atoms with Crippen LogP contribution in [-0.2, 0) is 4.79 Å². The number of ether oxygens (including phenoxy) is 3. The minimum Gasteiger partial charge on any atom is -0.493 e. The molecule has 0 bridgehead atoms. The monoisotopic (exact) mass is 380 g/mol. The van der Waals surface area contributed by atoms with Crippen LogP contribution in [0.4, 0.5) is 11.4 Å². The number of rotatable bonds is 7. The SMILES string of the molecule is COc1ccc(NC(=O)C(C)Oc2ccc([N+](=O)[O-])cc2Cl)cc1OC. The number of nitrogens with zero attached hydrogens (tertiary/aromatic N) is 1. The van der Waals surface area contributed by atoms with E-state index >= 15 is 0 Å². The van der Waals surface area contributed by atoms with Crippen molar-refractivity contribution in [2.45, 2.75) is 13.0 Å². The summed E-state index contributed by atoms with van der Waals surface area (Å²) in [5, 5.41) is 13.5. The van der Waals surface area contributed by atoms with Crippen LogP contribution in [0.5, 0.6) is 17.2 Å². The van der Waals surface area contributed by atoms with Crippen LogP contribution >= 0.6 is 11.6 Å². The average Bonchev–Trinajstić information content (AvgIpc) is 2.62. The van der Waals surface area contributed by atoms with E-state index in [9.17, 15) is 14.9 Å². The largest absolute Gasteiger partial charge is 0.493 e. The Bertz CT molecular complexity index is 827. The number of nitro benzene ring substituents is 1. The van der Waals surface area contributed by atoms with Gasteiger partial charge >= 0.3 is 0 Å². The van der Waals surface area contributed by atoms with Gasteiger partial charge in [0.25, 0.3) is 11.6 Å². The smallest absolute Gasteiger partial charge is 0.271 e. The fourth-order valence-corrected chi connectivity index (χ4v) is 2.32. The zero-order valence-corrected chi connectivity index (χ0v) is 15.1. The second-order valence-corrected chi connectivity index (χ2v) is 5.60. The van der Waals surface area contributed by atoms with E-state index in [0.717, 1.165) is 6.07 Å². The van der Waals surface area contributed by atoms with E-state index in [0.29, 0.717) is 17.2 Å². The molecule has 0 aromatic heterocycles. The highest BCUT2D eigenvalue weighted by atomic mass is 35.5. The highest BCUT2D eigenvalue weighted by molar-refractivity contribution is 6.32. The topological polar surface area (TPSA) is 99.9 Å². The maximum absolute atomic E-state index is 12.3. The van der Waals surface area contributed by atoms with Crippen LogP contribution in [0.25, 0.3) is 0 Å². The molecule has 8 nitrogen and oxygen atoms in total. The summed E-state index contributed by atoms with van der Waals surface area (Å²) in [5.41, 5.74) is 0.336. The van der Waals surface area contributed by atoms with E-state index in [2.05, 4.69) is 5.32 Å². The summed E-state index contributed by atoms with van der Waals surface area (Å²) < 4.78 is 15.8. The minimum atomic E-state index is -0.887. The molecular formula is C17H17ClN2O6. The van der Waals surface area contributed by atoms with Gasteiger partial charge in [0, 0.05) is 23.9 Å². The number of hydrogen-bond donors (Lipinski definition) is 1. The lowest BCUT2D eigenvalue weighted by molar-refractivity contribution is -0.384. The molecule has 26 heavy (non-hydrogen) atoms. The summed E-state index contributed by atoms with van der Waals surface area (Å²) in [6, 6.07) is 8.69. The third kappa shape index (κ3) is 4.54. The molecule has 1 unspecified atom stereocenters. The number of carbonyl (C=O) groups is 1. The van der Waals surface area contributed by atoms with Crippen LogP contribution in [0.3, 0.4) is 0 Å². The van der Waals surface area contributed by atoms with Crippen molar-refractivity contribution in [2.24, 2.45) is 0 Å². The van der Waals surface area contributed by atoms with Gasteiger partial charge in [0.1, 0.15) is 5.75 Å². The normalized spacial score (nSPS) is 11.4. The second-order valence-electron chi connectivity index (χ2n) is 5.19. The van der Waals surface area contributed by atoms with Crippen molar-refractivity contribution < 1.29 is 23.9 Å². The molecule has 1 N–H and O–H groups in total. The first kappa shape index (κ1) is 19.3. The quantitative estimate of drug-likeness (QED) is 0.581. The Morgan fingerprint density at radius 1 is 1.12 bits per heavy atom. The predicted molar refractivity (Wildman–Crippen MR) is 96.4 cm³/mol. The van der Waals surface area contributed by atoms with Gasteiger partial charge in [-0.05, 0) is 25.1 Å². The van der Waals surface area contributed by atoms with E-state index in [1.54, 1.807) is 18.2 Å². The van der Waals surface area contributed by atoms with E-state index < -0.39 is 16.9 Å². The average molecular weight is 381 g/mol. The van der Waals surface area contributed by atoms with Crippen molar-refractivity contribution in [3.8, 4) is 17.2 Å². The van der Waals surface area contributed by atoms with Crippen molar-refractivity contribution in [3.63, 3.8) is 0 Å². The molecule has 9 heteroatoms. The van der Waals surface area contributed by atoms with Crippen molar-refractivity contribution >= 4 is 28.9 Å². The summed E-state index contributed by atoms with van der Waals surface area (Å²) in [6.07, 6.45) is -0.887. The minimum absolute atomic E-state index is 0.0463. The Morgan fingerprint density at radius 3 is 2.35 bits per heavy atom. The summed E-state index contributed by atoms with van der Waals surface area (Å²) >= 11 is 5.96. The van der Waals surface area contributed by atoms with Crippen LogP contribution < -0.4 is 19.5 Å². The number of benzene rings is 2. The van der Waals surface area contributed by atoms with Gasteiger partial charge in [-0.1, -0.05) is 11.6 Å². The van der Waals surface area contributed by atoms with Crippen LogP contribution in [-0.4, -0.2) is 31.2 Å². The van der Waals surface area contributed by atoms with E-state index in [1.165, 1.54) is 33.3 Å². The number of nitrogens with one attached hydrogen (secondary N) is 1. The van der Waals surface area contributed by atoms with Crippen molar-refractivity contribution in [2.75, 3.05) is 19.5 Å². The third-order valence-corrected chi connectivity index (χ3v) is 3.75. The Morgan fingerprint density at radius 2 is 1.77 bits per heavy atom. The number of nitro groups is 1. The highest BCUT2D eigenvalue weighted by Gasteiger charge is 2.18. The second kappa shape index (κ2) is 8.39. The first-order valence-electron chi connectivity index (χ1n) is 7.49. The molecule has 2 aromatic carbocycles. The summed E-state index contributed by atoms with van der Waals surface area (Å²) in [5.74, 6) is 0.753. The van der Waals surface area contributed by atoms with Crippen LogP contribution in [0.1, 0.15) is 6.92 Å². The molecule has 0 aliphatic rings. The molecule has 0 saturated heterocycles. The molecule has 138 valence electrons. The van der Waals surface area contributed by atoms with Gasteiger partial charge in [-0.25, -0.2) is 0 Å². The molecule has 0 radical (unpaired) electrons. The first-order chi connectivity index (χ1) is 12.3. The molecule has 0 heterocycles. The summed E-state index contributed by atoms with van der Waals surface area (Å²) in [6.45, 7) is 1.54. The number of non-ortho nitro benzene ring substituents is 1. The molecule has 0 aliphatic carbocycles. The van der Waals surface area contributed by atoms with Gasteiger partial charge in [-0.2, -0.15) is 0 Å². The molecular weight excluding hydrogens is 364 g/mol. The van der Waals surface area contributed by atoms with Gasteiger partial charge in [-0.3, -0.25) is 14.9 Å². The van der Waals surface area contributed by atoms with Crippen molar-refractivity contribution in [3.05, 3.63) is 51.5 Å². The molecule has 1 amide bonds. The molecule has 0 fully saturated rings.